The van der Waals surface area contributed by atoms with Crippen molar-refractivity contribution in [2.24, 2.45) is 5.92 Å². The van der Waals surface area contributed by atoms with E-state index in [2.05, 4.69) is 13.8 Å². The lowest BCUT2D eigenvalue weighted by Crippen LogP contribution is -2.33. The van der Waals surface area contributed by atoms with Crippen LogP contribution in [0.4, 0.5) is 5.69 Å². The SMILES string of the molecule is CC(C)CN(Cc1ccc2c(c1)C=CC(C)(C)O2)CS(=O)(=O)c1ccc(N(O)O)cc1. The summed E-state index contributed by atoms with van der Waals surface area (Å²) in [5, 5.41) is 18.1. The molecule has 2 aromatic carbocycles. The van der Waals surface area contributed by atoms with Gasteiger partial charge in [0.15, 0.2) is 9.84 Å². The van der Waals surface area contributed by atoms with E-state index in [9.17, 15) is 8.42 Å². The minimum atomic E-state index is -3.59. The van der Waals surface area contributed by atoms with E-state index >= 15 is 0 Å². The molecule has 0 aromatic heterocycles. The first-order valence-electron chi connectivity index (χ1n) is 10.2. The molecule has 0 saturated carbocycles. The van der Waals surface area contributed by atoms with Crippen LogP contribution in [0, 0.1) is 5.92 Å². The number of sulfone groups is 1. The average molecular weight is 447 g/mol. The molecule has 7 nitrogen and oxygen atoms in total. The Morgan fingerprint density at radius 2 is 1.74 bits per heavy atom. The molecule has 0 spiro atoms. The fourth-order valence-electron chi connectivity index (χ4n) is 3.57. The lowest BCUT2D eigenvalue weighted by atomic mass is 10.0. The topological polar surface area (TPSA) is 90.3 Å². The second kappa shape index (κ2) is 9.00. The Hall–Kier alpha value is -2.39. The number of anilines is 1. The number of fused-ring (bicyclic) bond motifs is 1. The molecule has 0 unspecified atom stereocenters. The first-order valence-corrected chi connectivity index (χ1v) is 11.8. The molecule has 2 N–H and O–H groups in total. The molecule has 0 amide bonds. The van der Waals surface area contributed by atoms with Crippen molar-refractivity contribution in [3.63, 3.8) is 0 Å². The van der Waals surface area contributed by atoms with Gasteiger partial charge < -0.3 is 4.74 Å². The molecule has 0 atom stereocenters. The molecule has 8 heteroatoms. The average Bonchev–Trinajstić information content (AvgIpc) is 2.67. The Labute approximate surface area is 184 Å². The number of hydrogen-bond acceptors (Lipinski definition) is 7. The fraction of sp³-hybridized carbons (Fsp3) is 0.391. The van der Waals surface area contributed by atoms with Gasteiger partial charge in [-0.15, -0.1) is 5.23 Å². The zero-order valence-electron chi connectivity index (χ0n) is 18.3. The Morgan fingerprint density at radius 3 is 2.35 bits per heavy atom. The molecule has 31 heavy (non-hydrogen) atoms. The number of rotatable bonds is 8. The Bertz CT molecular complexity index is 1040. The van der Waals surface area contributed by atoms with Crippen molar-refractivity contribution in [2.45, 2.75) is 44.7 Å². The second-order valence-corrected chi connectivity index (χ2v) is 10.8. The molecular weight excluding hydrogens is 416 g/mol. The normalized spacial score (nSPS) is 15.1. The van der Waals surface area contributed by atoms with Crippen molar-refractivity contribution in [3.8, 4) is 5.75 Å². The van der Waals surface area contributed by atoms with E-state index in [0.717, 1.165) is 16.9 Å². The van der Waals surface area contributed by atoms with Gasteiger partial charge in [-0.05, 0) is 67.8 Å². The van der Waals surface area contributed by atoms with Crippen LogP contribution in [0.2, 0.25) is 0 Å². The fourth-order valence-corrected chi connectivity index (χ4v) is 4.94. The summed E-state index contributed by atoms with van der Waals surface area (Å²) in [5.74, 6) is 0.973. The van der Waals surface area contributed by atoms with Crippen LogP contribution in [0.1, 0.15) is 38.8 Å². The predicted octanol–water partition coefficient (Wildman–Crippen LogP) is 4.35. The number of ether oxygens (including phenoxy) is 1. The van der Waals surface area contributed by atoms with E-state index in [1.54, 1.807) is 0 Å². The third-order valence-electron chi connectivity index (χ3n) is 4.92. The van der Waals surface area contributed by atoms with Gasteiger partial charge >= 0.3 is 0 Å². The highest BCUT2D eigenvalue weighted by Gasteiger charge is 2.23. The van der Waals surface area contributed by atoms with E-state index in [-0.39, 0.29) is 33.2 Å². The molecule has 0 radical (unpaired) electrons. The van der Waals surface area contributed by atoms with Gasteiger partial charge in [-0.25, -0.2) is 8.42 Å². The summed E-state index contributed by atoms with van der Waals surface area (Å²) in [6, 6.07) is 11.4. The molecule has 1 aliphatic heterocycles. The molecule has 2 aromatic rings. The maximum atomic E-state index is 13.0. The lowest BCUT2D eigenvalue weighted by molar-refractivity contribution is 0.0291. The van der Waals surface area contributed by atoms with Gasteiger partial charge in [0.1, 0.15) is 17.2 Å². The largest absolute Gasteiger partial charge is 0.483 e. The molecule has 3 rings (SSSR count). The van der Waals surface area contributed by atoms with Gasteiger partial charge in [0.05, 0.1) is 10.6 Å². The van der Waals surface area contributed by atoms with Crippen LogP contribution in [0.25, 0.3) is 6.08 Å². The second-order valence-electron chi connectivity index (χ2n) is 8.84. The predicted molar refractivity (Wildman–Crippen MR) is 120 cm³/mol. The summed E-state index contributed by atoms with van der Waals surface area (Å²) in [7, 11) is -3.59. The van der Waals surface area contributed by atoms with Crippen LogP contribution in [-0.4, -0.2) is 41.8 Å². The van der Waals surface area contributed by atoms with Crippen molar-refractivity contribution in [1.82, 2.24) is 4.90 Å². The maximum Gasteiger partial charge on any atom is 0.191 e. The van der Waals surface area contributed by atoms with Crippen LogP contribution in [0.5, 0.6) is 5.75 Å². The van der Waals surface area contributed by atoms with Gasteiger partial charge in [-0.1, -0.05) is 26.0 Å². The Morgan fingerprint density at radius 1 is 1.06 bits per heavy atom. The van der Waals surface area contributed by atoms with Crippen LogP contribution in [0.15, 0.2) is 53.4 Å². The molecule has 1 aliphatic rings. The maximum absolute atomic E-state index is 13.0. The number of nitrogens with zero attached hydrogens (tertiary/aromatic N) is 2. The molecule has 1 heterocycles. The van der Waals surface area contributed by atoms with Crippen molar-refractivity contribution in [1.29, 1.82) is 0 Å². The third-order valence-corrected chi connectivity index (χ3v) is 6.62. The molecular formula is C23H30N2O5S. The van der Waals surface area contributed by atoms with Gasteiger partial charge in [-0.2, -0.15) is 0 Å². The van der Waals surface area contributed by atoms with Gasteiger partial charge in [0.25, 0.3) is 0 Å². The van der Waals surface area contributed by atoms with Crippen LogP contribution in [0.3, 0.4) is 0 Å². The van der Waals surface area contributed by atoms with Crippen LogP contribution >= 0.6 is 0 Å². The smallest absolute Gasteiger partial charge is 0.191 e. The highest BCUT2D eigenvalue weighted by molar-refractivity contribution is 7.91. The highest BCUT2D eigenvalue weighted by atomic mass is 32.2. The zero-order valence-corrected chi connectivity index (χ0v) is 19.1. The summed E-state index contributed by atoms with van der Waals surface area (Å²) < 4.78 is 31.9. The number of hydrogen-bond donors (Lipinski definition) is 2. The quantitative estimate of drug-likeness (QED) is 0.583. The van der Waals surface area contributed by atoms with E-state index in [0.29, 0.717) is 13.1 Å². The molecule has 0 bridgehead atoms. The lowest BCUT2D eigenvalue weighted by Gasteiger charge is -2.29. The van der Waals surface area contributed by atoms with Crippen molar-refractivity contribution < 1.29 is 23.6 Å². The van der Waals surface area contributed by atoms with Gasteiger partial charge in [0, 0.05) is 18.7 Å². The first-order chi connectivity index (χ1) is 14.4. The summed E-state index contributed by atoms with van der Waals surface area (Å²) in [4.78, 5) is 2.05. The summed E-state index contributed by atoms with van der Waals surface area (Å²) in [6.45, 7) is 9.21. The summed E-state index contributed by atoms with van der Waals surface area (Å²) >= 11 is 0. The third kappa shape index (κ3) is 6.07. The molecule has 168 valence electrons. The van der Waals surface area contributed by atoms with Crippen molar-refractivity contribution in [2.75, 3.05) is 17.6 Å². The minimum Gasteiger partial charge on any atom is -0.483 e. The van der Waals surface area contributed by atoms with Gasteiger partial charge in [-0.3, -0.25) is 15.3 Å². The Kier molecular flexibility index (Phi) is 6.76. The van der Waals surface area contributed by atoms with E-state index in [1.807, 2.05) is 49.1 Å². The zero-order chi connectivity index (χ0) is 22.8. The van der Waals surface area contributed by atoms with Crippen LogP contribution < -0.4 is 9.96 Å². The van der Waals surface area contributed by atoms with Crippen LogP contribution in [-0.2, 0) is 16.4 Å². The standard InChI is InChI=1S/C23H30N2O5S/c1-17(2)14-24(16-31(28,29)21-8-6-20(7-9-21)25(26)27)15-18-5-10-22-19(13-18)11-12-23(3,4)30-22/h5-13,17,26-27H,14-16H2,1-4H3. The monoisotopic (exact) mass is 446 g/mol. The Balaban J connectivity index is 1.79. The minimum absolute atomic E-state index is 0.0448. The molecule has 0 aliphatic carbocycles. The molecule has 0 fully saturated rings. The van der Waals surface area contributed by atoms with E-state index < -0.39 is 9.84 Å². The van der Waals surface area contributed by atoms with Crippen molar-refractivity contribution >= 4 is 21.6 Å². The number of benzene rings is 2. The van der Waals surface area contributed by atoms with Crippen molar-refractivity contribution in [3.05, 3.63) is 59.7 Å². The van der Waals surface area contributed by atoms with E-state index in [4.69, 9.17) is 15.2 Å². The summed E-state index contributed by atoms with van der Waals surface area (Å²) in [6.07, 6.45) is 4.05. The summed E-state index contributed by atoms with van der Waals surface area (Å²) in [5.41, 5.74) is 1.74. The highest BCUT2D eigenvalue weighted by Crippen LogP contribution is 2.31. The van der Waals surface area contributed by atoms with Gasteiger partial charge in [0.2, 0.25) is 0 Å². The molecule has 0 saturated heterocycles. The first kappa shape index (κ1) is 23.3. The van der Waals surface area contributed by atoms with E-state index in [1.165, 1.54) is 24.3 Å².